The normalized spacial score (nSPS) is 14.5. The van der Waals surface area contributed by atoms with Crippen LogP contribution < -0.4 is 4.72 Å². The molecule has 0 amide bonds. The van der Waals surface area contributed by atoms with E-state index in [1.165, 1.54) is 28.2 Å². The Hall–Kier alpha value is -3.59. The molecule has 0 radical (unpaired) electrons. The van der Waals surface area contributed by atoms with Crippen molar-refractivity contribution in [3.8, 4) is 0 Å². The molecule has 13 heteroatoms. The van der Waals surface area contributed by atoms with Gasteiger partial charge in [0.1, 0.15) is 0 Å². The fourth-order valence-electron chi connectivity index (χ4n) is 5.25. The molecule has 2 N–H and O–H groups in total. The highest BCUT2D eigenvalue weighted by Crippen LogP contribution is 2.26. The lowest BCUT2D eigenvalue weighted by molar-refractivity contribution is -0.384. The molecule has 4 rings (SSSR count). The summed E-state index contributed by atoms with van der Waals surface area (Å²) in [5.74, 6) is -0.281. The molecular weight excluding hydrogens is 671 g/mol. The highest BCUT2D eigenvalue weighted by Gasteiger charge is 2.30. The number of nitro groups is 1. The summed E-state index contributed by atoms with van der Waals surface area (Å²) in [6, 6.07) is 27.6. The van der Waals surface area contributed by atoms with Crippen LogP contribution in [0.5, 0.6) is 0 Å². The van der Waals surface area contributed by atoms with Crippen LogP contribution in [0.15, 0.2) is 119 Å². The van der Waals surface area contributed by atoms with Crippen molar-refractivity contribution < 1.29 is 26.9 Å². The van der Waals surface area contributed by atoms with Gasteiger partial charge in [-0.25, -0.2) is 21.6 Å². The number of non-ortho nitro benzene ring substituents is 1. The maximum absolute atomic E-state index is 13.7. The standard InChI is InChI=1S/C35H41N3O7S3/c1-26(2)23-37(48(44,45)34-19-16-32(17-20-34)38(40)41)24-35(39)30(21-27-9-5-4-6-10-27)13-15-31(36-47(3,42)43)25-46-33-18-14-28-11-7-8-12-29(28)22-33/h4-20,22,26,30-31,35-36,39H,21,23-25H2,1-3H3. The van der Waals surface area contributed by atoms with Crippen LogP contribution in [0, 0.1) is 22.0 Å². The van der Waals surface area contributed by atoms with Gasteiger partial charge in [-0.15, -0.1) is 11.8 Å². The molecule has 10 nitrogen and oxygen atoms in total. The van der Waals surface area contributed by atoms with Gasteiger partial charge < -0.3 is 5.11 Å². The van der Waals surface area contributed by atoms with E-state index >= 15 is 0 Å². The number of rotatable bonds is 17. The van der Waals surface area contributed by atoms with Gasteiger partial charge in [0.15, 0.2) is 0 Å². The van der Waals surface area contributed by atoms with Gasteiger partial charge >= 0.3 is 0 Å². The van der Waals surface area contributed by atoms with Crippen molar-refractivity contribution in [3.05, 3.63) is 125 Å². The lowest BCUT2D eigenvalue weighted by atomic mass is 9.92. The Balaban J connectivity index is 1.60. The Morgan fingerprint density at radius 1 is 0.875 bits per heavy atom. The first-order chi connectivity index (χ1) is 22.7. The number of nitrogens with one attached hydrogen (secondary N) is 1. The molecule has 3 atom stereocenters. The predicted octanol–water partition coefficient (Wildman–Crippen LogP) is 5.88. The lowest BCUT2D eigenvalue weighted by Crippen LogP contribution is -2.42. The van der Waals surface area contributed by atoms with Gasteiger partial charge in [0.05, 0.1) is 22.2 Å². The topological polar surface area (TPSA) is 147 Å². The third-order valence-electron chi connectivity index (χ3n) is 7.56. The number of benzene rings is 4. The summed E-state index contributed by atoms with van der Waals surface area (Å²) in [5, 5.41) is 24.9. The first-order valence-corrected chi connectivity index (χ1v) is 19.8. The van der Waals surface area contributed by atoms with Gasteiger partial charge in [-0.2, -0.15) is 4.31 Å². The third kappa shape index (κ3) is 11.0. The molecule has 4 aromatic rings. The van der Waals surface area contributed by atoms with E-state index in [0.29, 0.717) is 12.2 Å². The lowest BCUT2D eigenvalue weighted by Gasteiger charge is -2.29. The number of sulfonamides is 2. The first-order valence-electron chi connectivity index (χ1n) is 15.4. The highest BCUT2D eigenvalue weighted by atomic mass is 32.2. The van der Waals surface area contributed by atoms with Crippen LogP contribution in [0.4, 0.5) is 5.69 Å². The Kier molecular flexibility index (Phi) is 12.9. The average molecular weight is 712 g/mol. The van der Waals surface area contributed by atoms with Crippen molar-refractivity contribution in [1.29, 1.82) is 0 Å². The zero-order chi connectivity index (χ0) is 34.9. The molecular formula is C35H41N3O7S3. The van der Waals surface area contributed by atoms with E-state index in [1.807, 2.05) is 80.6 Å². The number of thioether (sulfide) groups is 1. The van der Waals surface area contributed by atoms with Gasteiger partial charge in [0, 0.05) is 47.8 Å². The smallest absolute Gasteiger partial charge is 0.269 e. The van der Waals surface area contributed by atoms with E-state index in [-0.39, 0.29) is 29.6 Å². The second kappa shape index (κ2) is 16.7. The first kappa shape index (κ1) is 37.2. The maximum Gasteiger partial charge on any atom is 0.269 e. The Bertz CT molecular complexity index is 1920. The number of hydrogen-bond acceptors (Lipinski definition) is 8. The van der Waals surface area contributed by atoms with Crippen LogP contribution in [0.3, 0.4) is 0 Å². The van der Waals surface area contributed by atoms with E-state index in [1.54, 1.807) is 12.2 Å². The monoisotopic (exact) mass is 711 g/mol. The fourth-order valence-corrected chi connectivity index (χ4v) is 8.63. The van der Waals surface area contributed by atoms with Crippen LogP contribution in [-0.2, 0) is 26.5 Å². The number of nitro benzene ring substituents is 1. The number of fused-ring (bicyclic) bond motifs is 1. The number of nitrogens with zero attached hydrogens (tertiary/aromatic N) is 2. The molecule has 0 spiro atoms. The van der Waals surface area contributed by atoms with Crippen molar-refractivity contribution in [2.45, 2.75) is 42.2 Å². The fraction of sp³-hybridized carbons (Fsp3) is 0.314. The Morgan fingerprint density at radius 2 is 1.52 bits per heavy atom. The largest absolute Gasteiger partial charge is 0.391 e. The summed E-state index contributed by atoms with van der Waals surface area (Å²) in [5.41, 5.74) is 0.687. The number of aliphatic hydroxyl groups is 1. The minimum Gasteiger partial charge on any atom is -0.391 e. The predicted molar refractivity (Wildman–Crippen MR) is 192 cm³/mol. The summed E-state index contributed by atoms with van der Waals surface area (Å²) >= 11 is 1.50. The molecule has 0 saturated heterocycles. The molecule has 0 aliphatic rings. The van der Waals surface area contributed by atoms with Crippen LogP contribution >= 0.6 is 11.8 Å². The number of hydrogen-bond donors (Lipinski definition) is 2. The van der Waals surface area contributed by atoms with Crippen molar-refractivity contribution in [2.24, 2.45) is 11.8 Å². The maximum atomic E-state index is 13.7. The quantitative estimate of drug-likeness (QED) is 0.0598. The van der Waals surface area contributed by atoms with Crippen molar-refractivity contribution in [1.82, 2.24) is 9.03 Å². The van der Waals surface area contributed by atoms with E-state index < -0.39 is 43.0 Å². The molecule has 3 unspecified atom stereocenters. The van der Waals surface area contributed by atoms with Crippen molar-refractivity contribution >= 4 is 48.3 Å². The molecule has 0 heterocycles. The SMILES string of the molecule is CC(C)CN(CC(O)C(C=CC(CSc1ccc2ccccc2c1)NS(C)(=O)=O)Cc1ccccc1)S(=O)(=O)c1ccc([N+](=O)[O-])cc1. The average Bonchev–Trinajstić information content (AvgIpc) is 3.04. The third-order valence-corrected chi connectivity index (χ3v) is 11.2. The molecule has 0 aromatic heterocycles. The number of aliphatic hydroxyl groups excluding tert-OH is 1. The summed E-state index contributed by atoms with van der Waals surface area (Å²) in [4.78, 5) is 11.4. The molecule has 0 bridgehead atoms. The van der Waals surface area contributed by atoms with Gasteiger partial charge in [0.2, 0.25) is 20.0 Å². The van der Waals surface area contributed by atoms with Gasteiger partial charge in [-0.05, 0) is 52.9 Å². The molecule has 48 heavy (non-hydrogen) atoms. The second-order valence-corrected chi connectivity index (χ2v) is 16.9. The van der Waals surface area contributed by atoms with Crippen molar-refractivity contribution in [3.63, 3.8) is 0 Å². The summed E-state index contributed by atoms with van der Waals surface area (Å²) in [6.07, 6.45) is 3.78. The zero-order valence-corrected chi connectivity index (χ0v) is 29.5. The van der Waals surface area contributed by atoms with Gasteiger partial charge in [0.25, 0.3) is 5.69 Å². The second-order valence-electron chi connectivity index (χ2n) is 12.1. The molecule has 0 aliphatic carbocycles. The molecule has 0 fully saturated rings. The van der Waals surface area contributed by atoms with Crippen LogP contribution in [0.25, 0.3) is 10.8 Å². The summed E-state index contributed by atoms with van der Waals surface area (Å²) in [7, 11) is -7.71. The molecule has 4 aromatic carbocycles. The summed E-state index contributed by atoms with van der Waals surface area (Å²) < 4.78 is 56.0. The summed E-state index contributed by atoms with van der Waals surface area (Å²) in [6.45, 7) is 3.59. The van der Waals surface area contributed by atoms with Crippen LogP contribution in [-0.4, -0.2) is 68.4 Å². The van der Waals surface area contributed by atoms with E-state index in [9.17, 15) is 32.1 Å². The molecule has 0 aliphatic heterocycles. The zero-order valence-electron chi connectivity index (χ0n) is 27.0. The molecule has 0 saturated carbocycles. The van der Waals surface area contributed by atoms with Crippen LogP contribution in [0.1, 0.15) is 19.4 Å². The highest BCUT2D eigenvalue weighted by molar-refractivity contribution is 7.99. The van der Waals surface area contributed by atoms with Gasteiger partial charge in [-0.1, -0.05) is 86.7 Å². The van der Waals surface area contributed by atoms with E-state index in [0.717, 1.165) is 39.6 Å². The minimum atomic E-state index is -4.12. The Labute approximate surface area is 287 Å². The van der Waals surface area contributed by atoms with E-state index in [4.69, 9.17) is 0 Å². The van der Waals surface area contributed by atoms with Crippen molar-refractivity contribution in [2.75, 3.05) is 25.1 Å². The van der Waals surface area contributed by atoms with Crippen LogP contribution in [0.2, 0.25) is 0 Å². The van der Waals surface area contributed by atoms with E-state index in [2.05, 4.69) is 10.8 Å². The van der Waals surface area contributed by atoms with Gasteiger partial charge in [-0.3, -0.25) is 10.1 Å². The molecule has 256 valence electrons. The Morgan fingerprint density at radius 3 is 2.15 bits per heavy atom. The minimum absolute atomic E-state index is 0.0800.